The highest BCUT2D eigenvalue weighted by Gasteiger charge is 2.34. The number of hydrogen-bond donors (Lipinski definition) is 0. The van der Waals surface area contributed by atoms with Gasteiger partial charge < -0.3 is 0 Å². The van der Waals surface area contributed by atoms with Crippen LogP contribution >= 0.6 is 0 Å². The van der Waals surface area contributed by atoms with E-state index < -0.39 is 0 Å². The zero-order chi connectivity index (χ0) is 11.3. The van der Waals surface area contributed by atoms with Crippen LogP contribution in [0, 0.1) is 5.41 Å². The van der Waals surface area contributed by atoms with Gasteiger partial charge in [0.25, 0.3) is 0 Å². The van der Waals surface area contributed by atoms with Crippen LogP contribution in [0.3, 0.4) is 0 Å². The molecule has 2 aromatic carbocycles. The van der Waals surface area contributed by atoms with Gasteiger partial charge in [0.2, 0.25) is 0 Å². The number of ketones is 1. The molecule has 1 heteroatoms. The molecule has 0 bridgehead atoms. The minimum absolute atomic E-state index is 0.261. The second-order valence-electron chi connectivity index (χ2n) is 5.21. The van der Waals surface area contributed by atoms with Crippen molar-refractivity contribution in [2.24, 2.45) is 5.41 Å². The molecule has 0 N–H and O–H groups in total. The Morgan fingerprint density at radius 2 is 1.75 bits per heavy atom. The number of Topliss-reactive ketones (excluding diaryl/α,β-unsaturated/α-hetero) is 1. The van der Waals surface area contributed by atoms with E-state index in [1.54, 1.807) is 0 Å². The molecule has 0 atom stereocenters. The Hall–Kier alpha value is -1.63. The molecule has 16 heavy (non-hydrogen) atoms. The first-order chi connectivity index (χ1) is 7.59. The average Bonchev–Trinajstić information content (AvgIpc) is 2.26. The molecule has 0 fully saturated rings. The van der Waals surface area contributed by atoms with Gasteiger partial charge in [-0.25, -0.2) is 0 Å². The van der Waals surface area contributed by atoms with Crippen LogP contribution in [0.4, 0.5) is 0 Å². The second-order valence-corrected chi connectivity index (χ2v) is 5.21. The average molecular weight is 210 g/mol. The highest BCUT2D eigenvalue weighted by Crippen LogP contribution is 2.38. The summed E-state index contributed by atoms with van der Waals surface area (Å²) in [5.41, 5.74) is 1.94. The molecule has 0 spiro atoms. The monoisotopic (exact) mass is 210 g/mol. The van der Waals surface area contributed by atoms with E-state index in [4.69, 9.17) is 0 Å². The summed E-state index contributed by atoms with van der Waals surface area (Å²) >= 11 is 0. The fourth-order valence-corrected chi connectivity index (χ4v) is 2.68. The molecule has 0 heterocycles. The summed E-state index contributed by atoms with van der Waals surface area (Å²) < 4.78 is 0. The maximum absolute atomic E-state index is 12.3. The van der Waals surface area contributed by atoms with E-state index in [1.807, 2.05) is 26.0 Å². The highest BCUT2D eigenvalue weighted by molar-refractivity contribution is 6.13. The molecular weight excluding hydrogens is 196 g/mol. The lowest BCUT2D eigenvalue weighted by atomic mass is 9.72. The summed E-state index contributed by atoms with van der Waals surface area (Å²) in [6.07, 6.45) is 0.847. The van der Waals surface area contributed by atoms with Crippen molar-refractivity contribution >= 4 is 16.6 Å². The number of rotatable bonds is 0. The lowest BCUT2D eigenvalue weighted by molar-refractivity contribution is 0.0834. The summed E-state index contributed by atoms with van der Waals surface area (Å²) in [5, 5.41) is 2.34. The lowest BCUT2D eigenvalue weighted by Gasteiger charge is -2.29. The molecule has 0 amide bonds. The van der Waals surface area contributed by atoms with Crippen molar-refractivity contribution < 1.29 is 4.79 Å². The van der Waals surface area contributed by atoms with Crippen LogP contribution in [-0.2, 0) is 6.42 Å². The molecule has 0 saturated heterocycles. The Labute approximate surface area is 95.1 Å². The lowest BCUT2D eigenvalue weighted by Crippen LogP contribution is -2.30. The molecule has 0 radical (unpaired) electrons. The van der Waals surface area contributed by atoms with Crippen molar-refractivity contribution in [1.29, 1.82) is 0 Å². The van der Waals surface area contributed by atoms with Crippen molar-refractivity contribution in [3.63, 3.8) is 0 Å². The molecule has 1 aliphatic carbocycles. The van der Waals surface area contributed by atoms with Crippen molar-refractivity contribution in [3.05, 3.63) is 47.5 Å². The van der Waals surface area contributed by atoms with Crippen molar-refractivity contribution in [1.82, 2.24) is 0 Å². The SMILES string of the molecule is CC1(C)Cc2cccc3cccc(c23)C1=O. The number of carbonyl (C=O) groups excluding carboxylic acids is 1. The summed E-state index contributed by atoms with van der Waals surface area (Å²) in [5.74, 6) is 0.275. The third-order valence-corrected chi connectivity index (χ3v) is 3.48. The van der Waals surface area contributed by atoms with E-state index in [-0.39, 0.29) is 11.2 Å². The molecule has 3 rings (SSSR count). The van der Waals surface area contributed by atoms with Gasteiger partial charge in [-0.2, -0.15) is 0 Å². The fourth-order valence-electron chi connectivity index (χ4n) is 2.68. The molecule has 80 valence electrons. The first-order valence-corrected chi connectivity index (χ1v) is 5.65. The molecule has 0 aliphatic heterocycles. The Balaban J connectivity index is 2.44. The van der Waals surface area contributed by atoms with Crippen LogP contribution < -0.4 is 0 Å². The zero-order valence-electron chi connectivity index (χ0n) is 9.58. The van der Waals surface area contributed by atoms with Gasteiger partial charge >= 0.3 is 0 Å². The molecule has 2 aromatic rings. The molecule has 0 saturated carbocycles. The van der Waals surface area contributed by atoms with E-state index in [2.05, 4.69) is 24.3 Å². The Morgan fingerprint density at radius 1 is 1.06 bits per heavy atom. The van der Waals surface area contributed by atoms with Gasteiger partial charge in [0, 0.05) is 11.0 Å². The number of carbonyl (C=O) groups is 1. The zero-order valence-corrected chi connectivity index (χ0v) is 9.58. The third-order valence-electron chi connectivity index (χ3n) is 3.48. The van der Waals surface area contributed by atoms with Gasteiger partial charge in [0.05, 0.1) is 0 Å². The maximum atomic E-state index is 12.3. The first kappa shape index (κ1) is 9.59. The third kappa shape index (κ3) is 1.15. The normalized spacial score (nSPS) is 17.8. The van der Waals surface area contributed by atoms with Crippen molar-refractivity contribution in [2.75, 3.05) is 0 Å². The van der Waals surface area contributed by atoms with E-state index in [9.17, 15) is 4.79 Å². The van der Waals surface area contributed by atoms with Crippen LogP contribution in [0.15, 0.2) is 36.4 Å². The first-order valence-electron chi connectivity index (χ1n) is 5.65. The minimum Gasteiger partial charge on any atom is -0.294 e. The molecule has 0 aromatic heterocycles. The predicted octanol–water partition coefficient (Wildman–Crippen LogP) is 3.60. The molecular formula is C15H14O. The van der Waals surface area contributed by atoms with Crippen LogP contribution in [0.1, 0.15) is 29.8 Å². The van der Waals surface area contributed by atoms with Crippen molar-refractivity contribution in [3.8, 4) is 0 Å². The number of hydrogen-bond acceptors (Lipinski definition) is 1. The quantitative estimate of drug-likeness (QED) is 0.649. The Kier molecular flexibility index (Phi) is 1.76. The molecule has 1 aliphatic rings. The van der Waals surface area contributed by atoms with Gasteiger partial charge in [-0.05, 0) is 22.8 Å². The van der Waals surface area contributed by atoms with Gasteiger partial charge in [-0.3, -0.25) is 4.79 Å². The second kappa shape index (κ2) is 2.94. The Bertz CT molecular complexity index is 588. The standard InChI is InChI=1S/C15H14O/c1-15(2)9-11-7-3-5-10-6-4-8-12(13(10)11)14(15)16/h3-8H,9H2,1-2H3. The predicted molar refractivity (Wildman–Crippen MR) is 65.8 cm³/mol. The van der Waals surface area contributed by atoms with Gasteiger partial charge in [-0.15, -0.1) is 0 Å². The van der Waals surface area contributed by atoms with Crippen LogP contribution in [0.5, 0.6) is 0 Å². The van der Waals surface area contributed by atoms with E-state index in [1.165, 1.54) is 10.9 Å². The van der Waals surface area contributed by atoms with Crippen molar-refractivity contribution in [2.45, 2.75) is 20.3 Å². The van der Waals surface area contributed by atoms with Crippen LogP contribution in [0.2, 0.25) is 0 Å². The van der Waals surface area contributed by atoms with Gasteiger partial charge in [-0.1, -0.05) is 50.2 Å². The summed E-state index contributed by atoms with van der Waals surface area (Å²) in [6, 6.07) is 12.3. The van der Waals surface area contributed by atoms with Gasteiger partial charge in [0.1, 0.15) is 0 Å². The van der Waals surface area contributed by atoms with E-state index in [0.29, 0.717) is 0 Å². The number of benzene rings is 2. The topological polar surface area (TPSA) is 17.1 Å². The Morgan fingerprint density at radius 3 is 2.50 bits per heavy atom. The molecule has 1 nitrogen and oxygen atoms in total. The summed E-state index contributed by atoms with van der Waals surface area (Å²) in [7, 11) is 0. The van der Waals surface area contributed by atoms with Crippen LogP contribution in [-0.4, -0.2) is 5.78 Å². The fraction of sp³-hybridized carbons (Fsp3) is 0.267. The van der Waals surface area contributed by atoms with E-state index in [0.717, 1.165) is 17.4 Å². The van der Waals surface area contributed by atoms with Crippen LogP contribution in [0.25, 0.3) is 10.8 Å². The molecule has 0 unspecified atom stereocenters. The smallest absolute Gasteiger partial charge is 0.169 e. The summed E-state index contributed by atoms with van der Waals surface area (Å²) in [4.78, 5) is 12.3. The minimum atomic E-state index is -0.261. The summed E-state index contributed by atoms with van der Waals surface area (Å²) in [6.45, 7) is 4.06. The highest BCUT2D eigenvalue weighted by atomic mass is 16.1. The maximum Gasteiger partial charge on any atom is 0.169 e. The van der Waals surface area contributed by atoms with Gasteiger partial charge in [0.15, 0.2) is 5.78 Å². The van der Waals surface area contributed by atoms with E-state index >= 15 is 0 Å². The largest absolute Gasteiger partial charge is 0.294 e.